The van der Waals surface area contributed by atoms with Crippen molar-refractivity contribution in [1.82, 2.24) is 39.1 Å². The smallest absolute Gasteiger partial charge is 0.128 e. The molecule has 0 spiro atoms. The van der Waals surface area contributed by atoms with Gasteiger partial charge in [0.2, 0.25) is 0 Å². The molecule has 5 rings (SSSR count). The van der Waals surface area contributed by atoms with E-state index < -0.39 is 0 Å². The lowest BCUT2D eigenvalue weighted by atomic mass is 10.1. The van der Waals surface area contributed by atoms with E-state index in [1.54, 1.807) is 18.6 Å². The van der Waals surface area contributed by atoms with Crippen LogP contribution in [0.15, 0.2) is 42.9 Å². The van der Waals surface area contributed by atoms with E-state index in [0.717, 1.165) is 44.2 Å². The van der Waals surface area contributed by atoms with E-state index in [2.05, 4.69) is 30.8 Å². The van der Waals surface area contributed by atoms with Crippen LogP contribution >= 0.6 is 11.5 Å². The molecule has 0 saturated carbocycles. The maximum Gasteiger partial charge on any atom is 0.128 e. The van der Waals surface area contributed by atoms with Gasteiger partial charge in [-0.15, -0.1) is 0 Å². The van der Waals surface area contributed by atoms with Crippen LogP contribution < -0.4 is 0 Å². The molecule has 5 heterocycles. The van der Waals surface area contributed by atoms with Crippen LogP contribution in [-0.2, 0) is 14.1 Å². The molecule has 5 aromatic rings. The third kappa shape index (κ3) is 2.17. The first kappa shape index (κ1) is 15.0. The van der Waals surface area contributed by atoms with Crippen LogP contribution in [0.1, 0.15) is 0 Å². The summed E-state index contributed by atoms with van der Waals surface area (Å²) in [6, 6.07) is 7.93. The average molecular weight is 362 g/mol. The molecule has 9 heteroatoms. The Morgan fingerprint density at radius 3 is 2.38 bits per heavy atom. The zero-order valence-electron chi connectivity index (χ0n) is 14.1. The number of aromatic nitrogens is 8. The Bertz CT molecular complexity index is 1210. The Labute approximate surface area is 152 Å². The van der Waals surface area contributed by atoms with Crippen LogP contribution in [0.5, 0.6) is 0 Å². The number of aromatic amines is 1. The van der Waals surface area contributed by atoms with E-state index in [4.69, 9.17) is 4.98 Å². The van der Waals surface area contributed by atoms with Gasteiger partial charge in [-0.1, -0.05) is 0 Å². The van der Waals surface area contributed by atoms with Crippen molar-refractivity contribution < 1.29 is 0 Å². The predicted octanol–water partition coefficient (Wildman–Crippen LogP) is 2.88. The Kier molecular flexibility index (Phi) is 3.22. The molecule has 0 bridgehead atoms. The van der Waals surface area contributed by atoms with E-state index in [9.17, 15) is 0 Å². The summed E-state index contributed by atoms with van der Waals surface area (Å²) in [7, 11) is 3.84. The molecule has 26 heavy (non-hydrogen) atoms. The highest BCUT2D eigenvalue weighted by Crippen LogP contribution is 2.37. The molecule has 5 aromatic heterocycles. The van der Waals surface area contributed by atoms with Gasteiger partial charge in [-0.25, -0.2) is 4.98 Å². The largest absolute Gasteiger partial charge is 0.276 e. The normalized spacial score (nSPS) is 11.5. The van der Waals surface area contributed by atoms with Crippen molar-refractivity contribution in [1.29, 1.82) is 0 Å². The fraction of sp³-hybridized carbons (Fsp3) is 0.118. The monoisotopic (exact) mass is 362 g/mol. The summed E-state index contributed by atoms with van der Waals surface area (Å²) in [5.74, 6) is 0. The number of pyridine rings is 1. The molecule has 0 unspecified atom stereocenters. The first-order valence-corrected chi connectivity index (χ1v) is 8.76. The second-order valence-electron chi connectivity index (χ2n) is 5.91. The second kappa shape index (κ2) is 5.60. The van der Waals surface area contributed by atoms with Gasteiger partial charge < -0.3 is 0 Å². The van der Waals surface area contributed by atoms with Crippen molar-refractivity contribution in [3.05, 3.63) is 42.9 Å². The van der Waals surface area contributed by atoms with Crippen molar-refractivity contribution in [3.8, 4) is 34.0 Å². The number of nitrogens with zero attached hydrogens (tertiary/aromatic N) is 7. The van der Waals surface area contributed by atoms with Crippen molar-refractivity contribution in [2.24, 2.45) is 14.1 Å². The second-order valence-corrected chi connectivity index (χ2v) is 6.69. The van der Waals surface area contributed by atoms with Gasteiger partial charge >= 0.3 is 0 Å². The molecule has 0 aliphatic carbocycles. The third-order valence-electron chi connectivity index (χ3n) is 4.36. The molecule has 0 amide bonds. The molecule has 1 N–H and O–H groups in total. The summed E-state index contributed by atoms with van der Waals surface area (Å²) in [5, 5.41) is 15.6. The van der Waals surface area contributed by atoms with Crippen LogP contribution in [0.4, 0.5) is 0 Å². The molecule has 0 saturated heterocycles. The minimum absolute atomic E-state index is 0.801. The topological polar surface area (TPSA) is 90.1 Å². The Morgan fingerprint density at radius 2 is 1.73 bits per heavy atom. The number of hydrogen-bond donors (Lipinski definition) is 1. The number of aryl methyl sites for hydroxylation is 2. The number of hydrogen-bond acceptors (Lipinski definition) is 6. The van der Waals surface area contributed by atoms with Crippen molar-refractivity contribution >= 4 is 21.7 Å². The van der Waals surface area contributed by atoms with Gasteiger partial charge in [0.05, 0.1) is 27.5 Å². The van der Waals surface area contributed by atoms with Gasteiger partial charge in [-0.2, -0.15) is 19.7 Å². The first-order chi connectivity index (χ1) is 12.7. The quantitative estimate of drug-likeness (QED) is 0.533. The molecular formula is C17H14N8S. The molecule has 128 valence electrons. The van der Waals surface area contributed by atoms with E-state index >= 15 is 0 Å². The van der Waals surface area contributed by atoms with Crippen LogP contribution in [-0.4, -0.2) is 39.1 Å². The van der Waals surface area contributed by atoms with Gasteiger partial charge in [-0.3, -0.25) is 14.5 Å². The maximum absolute atomic E-state index is 4.90. The number of fused-ring (bicyclic) bond motifs is 1. The highest BCUT2D eigenvalue weighted by Gasteiger charge is 2.19. The SMILES string of the molecule is Cn1nccc1-c1cc(-c2ccnn2C)c2snc(-c3ccn[nH]3)c2n1. The van der Waals surface area contributed by atoms with Gasteiger partial charge in [0.15, 0.2) is 0 Å². The summed E-state index contributed by atoms with van der Waals surface area (Å²) in [4.78, 5) is 4.90. The Hall–Kier alpha value is -3.33. The molecule has 8 nitrogen and oxygen atoms in total. The number of H-pyrrole nitrogens is 1. The van der Waals surface area contributed by atoms with Gasteiger partial charge in [0, 0.05) is 38.2 Å². The van der Waals surface area contributed by atoms with Crippen LogP contribution in [0.25, 0.3) is 44.2 Å². The fourth-order valence-corrected chi connectivity index (χ4v) is 3.93. The minimum Gasteiger partial charge on any atom is -0.276 e. The standard InChI is InChI=1S/C17H14N8S/c1-24-13(4-7-19-24)10-9-12(14-5-8-20-25(14)2)21-16-15(23-26-17(10)16)11-3-6-18-22-11/h3-9H,1-2H3,(H,18,22). The average Bonchev–Trinajstić information content (AvgIpc) is 3.40. The van der Waals surface area contributed by atoms with Gasteiger partial charge in [-0.05, 0) is 35.8 Å². The summed E-state index contributed by atoms with van der Waals surface area (Å²) in [5.41, 5.74) is 6.34. The lowest BCUT2D eigenvalue weighted by molar-refractivity contribution is 0.772. The molecule has 0 fully saturated rings. The molecule has 0 atom stereocenters. The fourth-order valence-electron chi connectivity index (χ4n) is 3.07. The van der Waals surface area contributed by atoms with E-state index in [1.165, 1.54) is 11.5 Å². The van der Waals surface area contributed by atoms with Crippen molar-refractivity contribution in [2.75, 3.05) is 0 Å². The highest BCUT2D eigenvalue weighted by atomic mass is 32.1. The molecule has 0 aliphatic heterocycles. The minimum atomic E-state index is 0.801. The molecule has 0 radical (unpaired) electrons. The predicted molar refractivity (Wildman–Crippen MR) is 99.4 cm³/mol. The molecular weight excluding hydrogens is 348 g/mol. The maximum atomic E-state index is 4.90. The number of rotatable bonds is 3. The van der Waals surface area contributed by atoms with Gasteiger partial charge in [0.1, 0.15) is 11.2 Å². The van der Waals surface area contributed by atoms with Crippen LogP contribution in [0.3, 0.4) is 0 Å². The zero-order chi connectivity index (χ0) is 17.7. The summed E-state index contributed by atoms with van der Waals surface area (Å²) >= 11 is 1.43. The summed E-state index contributed by atoms with van der Waals surface area (Å²) in [6.45, 7) is 0. The lowest BCUT2D eigenvalue weighted by Gasteiger charge is -2.08. The van der Waals surface area contributed by atoms with E-state index in [-0.39, 0.29) is 0 Å². The molecule has 0 aromatic carbocycles. The summed E-state index contributed by atoms with van der Waals surface area (Å²) < 4.78 is 9.33. The summed E-state index contributed by atoms with van der Waals surface area (Å²) in [6.07, 6.45) is 5.28. The van der Waals surface area contributed by atoms with Gasteiger partial charge in [0.25, 0.3) is 0 Å². The molecule has 0 aliphatic rings. The van der Waals surface area contributed by atoms with Crippen LogP contribution in [0.2, 0.25) is 0 Å². The van der Waals surface area contributed by atoms with E-state index in [1.807, 2.05) is 41.7 Å². The Balaban J connectivity index is 1.86. The third-order valence-corrected chi connectivity index (χ3v) is 5.23. The highest BCUT2D eigenvalue weighted by molar-refractivity contribution is 7.14. The van der Waals surface area contributed by atoms with Crippen LogP contribution in [0, 0.1) is 0 Å². The lowest BCUT2D eigenvalue weighted by Crippen LogP contribution is -1.98. The first-order valence-electron chi connectivity index (χ1n) is 7.99. The Morgan fingerprint density at radius 1 is 0.962 bits per heavy atom. The van der Waals surface area contributed by atoms with Crippen molar-refractivity contribution in [2.45, 2.75) is 0 Å². The zero-order valence-corrected chi connectivity index (χ0v) is 14.9. The van der Waals surface area contributed by atoms with Crippen molar-refractivity contribution in [3.63, 3.8) is 0 Å². The number of nitrogens with one attached hydrogen (secondary N) is 1. The van der Waals surface area contributed by atoms with E-state index in [0.29, 0.717) is 0 Å².